The lowest BCUT2D eigenvalue weighted by molar-refractivity contribution is -0.163. The van der Waals surface area contributed by atoms with Crippen LogP contribution in [0, 0.1) is 5.92 Å². The average Bonchev–Trinajstić information content (AvgIpc) is 2.73. The van der Waals surface area contributed by atoms with E-state index in [0.29, 0.717) is 26.5 Å². The molecule has 176 valence electrons. The fourth-order valence-corrected chi connectivity index (χ4v) is 2.96. The molecule has 2 N–H and O–H groups in total. The molecular formula is C22H42N2O6. The Morgan fingerprint density at radius 2 is 1.47 bits per heavy atom. The Morgan fingerprint density at radius 1 is 0.867 bits per heavy atom. The Morgan fingerprint density at radius 3 is 2.03 bits per heavy atom. The van der Waals surface area contributed by atoms with Crippen LogP contribution in [0.25, 0.3) is 0 Å². The number of unbranched alkanes of at least 4 members (excludes halogenated alkanes) is 3. The second kappa shape index (κ2) is 22.3. The molecule has 0 aliphatic carbocycles. The zero-order chi connectivity index (χ0) is 22.3. The molecule has 0 aromatic carbocycles. The quantitative estimate of drug-likeness (QED) is 0.0888. The summed E-state index contributed by atoms with van der Waals surface area (Å²) in [5.74, 6) is -1.00. The first-order valence-electron chi connectivity index (χ1n) is 11.4. The number of ether oxygens (including phenoxy) is 3. The molecule has 0 saturated carbocycles. The molecule has 8 heteroatoms. The Labute approximate surface area is 181 Å². The molecule has 0 radical (unpaired) electrons. The highest BCUT2D eigenvalue weighted by Gasteiger charge is 2.20. The Balaban J connectivity index is 3.41. The Kier molecular flexibility index (Phi) is 21.3. The summed E-state index contributed by atoms with van der Waals surface area (Å²) in [6.45, 7) is 7.31. The molecule has 0 unspecified atom stereocenters. The van der Waals surface area contributed by atoms with Crippen LogP contribution in [-0.4, -0.2) is 58.0 Å². The van der Waals surface area contributed by atoms with Crippen molar-refractivity contribution in [1.29, 1.82) is 0 Å². The van der Waals surface area contributed by atoms with Gasteiger partial charge in [0.05, 0.1) is 19.4 Å². The van der Waals surface area contributed by atoms with Crippen molar-refractivity contribution in [3.63, 3.8) is 0 Å². The van der Waals surface area contributed by atoms with Gasteiger partial charge in [-0.25, -0.2) is 0 Å². The molecule has 0 aromatic rings. The van der Waals surface area contributed by atoms with Gasteiger partial charge in [-0.05, 0) is 45.2 Å². The van der Waals surface area contributed by atoms with Crippen LogP contribution in [0.2, 0.25) is 0 Å². The lowest BCUT2D eigenvalue weighted by Gasteiger charge is -2.13. The standard InChI is InChI=1S/C22H42N2O6/c1-3-10-20(11-4-2)22(27)30-21(26)12-9-16-28-18-23-13-7-5-6-8-14-24-19-29-17-15-25/h15,20,23-24H,3-14,16-19H2,1-2H3. The van der Waals surface area contributed by atoms with Gasteiger partial charge in [-0.15, -0.1) is 0 Å². The van der Waals surface area contributed by atoms with Crippen LogP contribution >= 0.6 is 0 Å². The van der Waals surface area contributed by atoms with Crippen LogP contribution in [0.1, 0.15) is 78.1 Å². The zero-order valence-electron chi connectivity index (χ0n) is 18.9. The van der Waals surface area contributed by atoms with Crippen molar-refractivity contribution in [3.05, 3.63) is 0 Å². The summed E-state index contributed by atoms with van der Waals surface area (Å²) < 4.78 is 15.4. The average molecular weight is 431 g/mol. The summed E-state index contributed by atoms with van der Waals surface area (Å²) >= 11 is 0. The Hall–Kier alpha value is -1.35. The van der Waals surface area contributed by atoms with Crippen LogP contribution < -0.4 is 10.6 Å². The molecule has 0 bridgehead atoms. The predicted molar refractivity (Wildman–Crippen MR) is 116 cm³/mol. The van der Waals surface area contributed by atoms with Gasteiger partial charge in [0, 0.05) is 13.0 Å². The normalized spacial score (nSPS) is 11.0. The molecule has 0 amide bonds. The second-order valence-electron chi connectivity index (χ2n) is 7.32. The number of esters is 2. The van der Waals surface area contributed by atoms with Crippen molar-refractivity contribution in [1.82, 2.24) is 10.6 Å². The van der Waals surface area contributed by atoms with Gasteiger partial charge in [0.2, 0.25) is 0 Å². The lowest BCUT2D eigenvalue weighted by atomic mass is 9.99. The van der Waals surface area contributed by atoms with Crippen molar-refractivity contribution in [2.24, 2.45) is 5.92 Å². The molecule has 0 spiro atoms. The number of hydrogen-bond donors (Lipinski definition) is 2. The third-order valence-electron chi connectivity index (χ3n) is 4.54. The summed E-state index contributed by atoms with van der Waals surface area (Å²) in [5.41, 5.74) is 0. The van der Waals surface area contributed by atoms with Crippen LogP contribution in [0.3, 0.4) is 0 Å². The van der Waals surface area contributed by atoms with Crippen molar-refractivity contribution < 1.29 is 28.6 Å². The van der Waals surface area contributed by atoms with E-state index < -0.39 is 5.97 Å². The number of nitrogens with one attached hydrogen (secondary N) is 2. The first-order valence-corrected chi connectivity index (χ1v) is 11.4. The van der Waals surface area contributed by atoms with Crippen LogP contribution in [-0.2, 0) is 28.6 Å². The highest BCUT2D eigenvalue weighted by Crippen LogP contribution is 2.15. The maximum Gasteiger partial charge on any atom is 0.316 e. The van der Waals surface area contributed by atoms with Crippen molar-refractivity contribution in [3.8, 4) is 0 Å². The van der Waals surface area contributed by atoms with Crippen molar-refractivity contribution >= 4 is 18.2 Å². The van der Waals surface area contributed by atoms with Crippen LogP contribution in [0.4, 0.5) is 0 Å². The molecule has 0 heterocycles. The van der Waals surface area contributed by atoms with Crippen molar-refractivity contribution in [2.75, 3.05) is 39.8 Å². The van der Waals surface area contributed by atoms with Gasteiger partial charge in [0.25, 0.3) is 0 Å². The molecule has 0 aliphatic heterocycles. The maximum atomic E-state index is 12.0. The highest BCUT2D eigenvalue weighted by molar-refractivity contribution is 5.86. The third kappa shape index (κ3) is 18.7. The van der Waals surface area contributed by atoms with Crippen LogP contribution in [0.5, 0.6) is 0 Å². The molecule has 8 nitrogen and oxygen atoms in total. The molecule has 0 rings (SSSR count). The fraction of sp³-hybridized carbons (Fsp3) is 0.864. The van der Waals surface area contributed by atoms with Crippen molar-refractivity contribution in [2.45, 2.75) is 78.1 Å². The number of rotatable bonds is 22. The SMILES string of the molecule is CCCC(CCC)C(=O)OC(=O)CCCOCNCCCCCCNCOCC=O. The second-order valence-corrected chi connectivity index (χ2v) is 7.32. The number of aldehydes is 1. The highest BCUT2D eigenvalue weighted by atomic mass is 16.6. The molecule has 0 atom stereocenters. The molecule has 30 heavy (non-hydrogen) atoms. The topological polar surface area (TPSA) is 103 Å². The summed E-state index contributed by atoms with van der Waals surface area (Å²) in [6.07, 6.45) is 9.28. The summed E-state index contributed by atoms with van der Waals surface area (Å²) in [7, 11) is 0. The van der Waals surface area contributed by atoms with Gasteiger partial charge in [-0.3, -0.25) is 20.2 Å². The monoisotopic (exact) mass is 430 g/mol. The van der Waals surface area contributed by atoms with E-state index in [0.717, 1.165) is 70.7 Å². The van der Waals surface area contributed by atoms with E-state index in [1.807, 2.05) is 13.8 Å². The van der Waals surface area contributed by atoms with E-state index in [2.05, 4.69) is 10.6 Å². The van der Waals surface area contributed by atoms with Gasteiger partial charge >= 0.3 is 11.9 Å². The Bertz CT molecular complexity index is 428. The molecule has 0 fully saturated rings. The molecular weight excluding hydrogens is 388 g/mol. The largest absolute Gasteiger partial charge is 0.393 e. The van der Waals surface area contributed by atoms with Gasteiger partial charge in [0.15, 0.2) is 0 Å². The molecule has 0 aromatic heterocycles. The van der Waals surface area contributed by atoms with E-state index in [-0.39, 0.29) is 24.9 Å². The predicted octanol–water partition coefficient (Wildman–Crippen LogP) is 2.94. The zero-order valence-corrected chi connectivity index (χ0v) is 18.9. The summed E-state index contributed by atoms with van der Waals surface area (Å²) in [5, 5.41) is 6.33. The minimum Gasteiger partial charge on any atom is -0.393 e. The first kappa shape index (κ1) is 28.6. The van der Waals surface area contributed by atoms with E-state index in [1.165, 1.54) is 0 Å². The molecule has 0 aliphatic rings. The smallest absolute Gasteiger partial charge is 0.316 e. The number of carbonyl (C=O) groups excluding carboxylic acids is 3. The van der Waals surface area contributed by atoms with E-state index >= 15 is 0 Å². The first-order chi connectivity index (χ1) is 14.7. The molecule has 0 saturated heterocycles. The summed E-state index contributed by atoms with van der Waals surface area (Å²) in [4.78, 5) is 33.8. The van der Waals surface area contributed by atoms with Gasteiger partial charge in [-0.1, -0.05) is 39.5 Å². The van der Waals surface area contributed by atoms with Gasteiger partial charge in [0.1, 0.15) is 12.9 Å². The maximum absolute atomic E-state index is 12.0. The summed E-state index contributed by atoms with van der Waals surface area (Å²) in [6, 6.07) is 0. The van der Waals surface area contributed by atoms with Crippen LogP contribution in [0.15, 0.2) is 0 Å². The number of hydrogen-bond acceptors (Lipinski definition) is 8. The van der Waals surface area contributed by atoms with Gasteiger partial charge < -0.3 is 19.0 Å². The minimum atomic E-state index is -0.460. The number of carbonyl (C=O) groups is 3. The van der Waals surface area contributed by atoms with E-state index in [9.17, 15) is 14.4 Å². The minimum absolute atomic E-state index is 0.142. The third-order valence-corrected chi connectivity index (χ3v) is 4.54. The lowest BCUT2D eigenvalue weighted by Crippen LogP contribution is -2.22. The fourth-order valence-electron chi connectivity index (χ4n) is 2.96. The van der Waals surface area contributed by atoms with E-state index in [4.69, 9.17) is 14.2 Å². The van der Waals surface area contributed by atoms with E-state index in [1.54, 1.807) is 0 Å². The van der Waals surface area contributed by atoms with Gasteiger partial charge in [-0.2, -0.15) is 0 Å².